The van der Waals surface area contributed by atoms with E-state index in [9.17, 15) is 9.59 Å². The van der Waals surface area contributed by atoms with E-state index in [4.69, 9.17) is 0 Å². The Morgan fingerprint density at radius 2 is 1.96 bits per heavy atom. The molecule has 0 saturated heterocycles. The topological polar surface area (TPSA) is 64.0 Å². The first-order valence-electron chi connectivity index (χ1n) is 7.36. The Kier molecular flexibility index (Phi) is 3.93. The predicted molar refractivity (Wildman–Crippen MR) is 90.5 cm³/mol. The molecule has 1 N–H and O–H groups in total. The fourth-order valence-corrected chi connectivity index (χ4v) is 2.48. The van der Waals surface area contributed by atoms with Crippen LogP contribution in [0.3, 0.4) is 0 Å². The van der Waals surface area contributed by atoms with Gasteiger partial charge in [0.2, 0.25) is 11.3 Å². The van der Waals surface area contributed by atoms with Crippen LogP contribution >= 0.6 is 0 Å². The first kappa shape index (κ1) is 15.0. The molecule has 0 radical (unpaired) electrons. The van der Waals surface area contributed by atoms with Gasteiger partial charge in [0.25, 0.3) is 0 Å². The highest BCUT2D eigenvalue weighted by atomic mass is 16.2. The lowest BCUT2D eigenvalue weighted by Crippen LogP contribution is -2.22. The molecule has 5 nitrogen and oxygen atoms in total. The van der Waals surface area contributed by atoms with Crippen molar-refractivity contribution in [1.29, 1.82) is 0 Å². The minimum atomic E-state index is -0.181. The van der Waals surface area contributed by atoms with Crippen LogP contribution in [0, 0.1) is 13.8 Å². The molecule has 5 heteroatoms. The molecule has 0 unspecified atom stereocenters. The second kappa shape index (κ2) is 6.04. The number of hydrogen-bond donors (Lipinski definition) is 1. The molecule has 3 aromatic rings. The number of aromatic nitrogens is 2. The monoisotopic (exact) mass is 307 g/mol. The summed E-state index contributed by atoms with van der Waals surface area (Å²) in [6.07, 6.45) is 1.24. The maximum atomic E-state index is 12.3. The van der Waals surface area contributed by atoms with Crippen molar-refractivity contribution in [2.24, 2.45) is 0 Å². The smallest absolute Gasteiger partial charge is 0.246 e. The van der Waals surface area contributed by atoms with E-state index in [1.807, 2.05) is 38.1 Å². The molecule has 0 saturated carbocycles. The fraction of sp³-hybridized carbons (Fsp3) is 0.167. The first-order chi connectivity index (χ1) is 11.0. The van der Waals surface area contributed by atoms with E-state index in [0.29, 0.717) is 10.9 Å². The van der Waals surface area contributed by atoms with Gasteiger partial charge in [0.1, 0.15) is 6.54 Å². The number of anilines is 1. The van der Waals surface area contributed by atoms with Crippen LogP contribution in [0.1, 0.15) is 11.1 Å². The predicted octanol–water partition coefficient (Wildman–Crippen LogP) is 2.65. The number of para-hydroxylation sites is 1. The van der Waals surface area contributed by atoms with E-state index in [1.54, 1.807) is 18.2 Å². The Labute approximate surface area is 133 Å². The van der Waals surface area contributed by atoms with Crippen molar-refractivity contribution in [1.82, 2.24) is 9.78 Å². The number of benzene rings is 2. The Balaban J connectivity index is 1.88. The minimum Gasteiger partial charge on any atom is -0.324 e. The van der Waals surface area contributed by atoms with Gasteiger partial charge in [-0.1, -0.05) is 24.3 Å². The van der Waals surface area contributed by atoms with Crippen LogP contribution < -0.4 is 10.7 Å². The Morgan fingerprint density at radius 1 is 1.17 bits per heavy atom. The molecular formula is C18H17N3O2. The molecule has 0 bridgehead atoms. The quantitative estimate of drug-likeness (QED) is 0.809. The standard InChI is InChI=1S/C18H17N3O2/c1-12-7-8-13(2)15(9-12)20-18(23)11-21-16-6-4-3-5-14(16)17(22)10-19-21/h3-10H,11H2,1-2H3,(H,20,23). The molecule has 1 amide bonds. The summed E-state index contributed by atoms with van der Waals surface area (Å²) in [6, 6.07) is 13.0. The maximum absolute atomic E-state index is 12.3. The molecule has 23 heavy (non-hydrogen) atoms. The van der Waals surface area contributed by atoms with Crippen molar-refractivity contribution >= 4 is 22.5 Å². The van der Waals surface area contributed by atoms with Gasteiger partial charge in [-0.2, -0.15) is 5.10 Å². The maximum Gasteiger partial charge on any atom is 0.246 e. The van der Waals surface area contributed by atoms with Crippen molar-refractivity contribution < 1.29 is 4.79 Å². The van der Waals surface area contributed by atoms with Gasteiger partial charge >= 0.3 is 0 Å². The molecule has 0 aliphatic heterocycles. The molecule has 0 fully saturated rings. The Bertz CT molecular complexity index is 944. The second-order valence-corrected chi connectivity index (χ2v) is 5.55. The Morgan fingerprint density at radius 3 is 2.78 bits per heavy atom. The largest absolute Gasteiger partial charge is 0.324 e. The number of nitrogens with one attached hydrogen (secondary N) is 1. The van der Waals surface area contributed by atoms with Crippen molar-refractivity contribution in [2.75, 3.05) is 5.32 Å². The summed E-state index contributed by atoms with van der Waals surface area (Å²) in [5.41, 5.74) is 3.38. The van der Waals surface area contributed by atoms with Crippen LogP contribution in [0.4, 0.5) is 5.69 Å². The lowest BCUT2D eigenvalue weighted by Gasteiger charge is -2.11. The van der Waals surface area contributed by atoms with Crippen LogP contribution in [-0.2, 0) is 11.3 Å². The number of fused-ring (bicyclic) bond motifs is 1. The molecule has 1 heterocycles. The van der Waals surface area contributed by atoms with Gasteiger partial charge in [-0.05, 0) is 43.2 Å². The van der Waals surface area contributed by atoms with E-state index >= 15 is 0 Å². The van der Waals surface area contributed by atoms with Crippen LogP contribution in [0.2, 0.25) is 0 Å². The van der Waals surface area contributed by atoms with Gasteiger partial charge in [-0.3, -0.25) is 14.3 Å². The molecular weight excluding hydrogens is 290 g/mol. The second-order valence-electron chi connectivity index (χ2n) is 5.55. The Hall–Kier alpha value is -2.95. The highest BCUT2D eigenvalue weighted by Crippen LogP contribution is 2.16. The van der Waals surface area contributed by atoms with E-state index in [2.05, 4.69) is 10.4 Å². The third-order valence-corrected chi connectivity index (χ3v) is 3.72. The lowest BCUT2D eigenvalue weighted by atomic mass is 10.1. The third kappa shape index (κ3) is 3.13. The van der Waals surface area contributed by atoms with Crippen molar-refractivity contribution in [3.63, 3.8) is 0 Å². The zero-order valence-corrected chi connectivity index (χ0v) is 13.0. The number of carbonyl (C=O) groups excluding carboxylic acids is 1. The van der Waals surface area contributed by atoms with Crippen LogP contribution in [0.25, 0.3) is 10.9 Å². The lowest BCUT2D eigenvalue weighted by molar-refractivity contribution is -0.116. The van der Waals surface area contributed by atoms with Gasteiger partial charge in [-0.25, -0.2) is 0 Å². The van der Waals surface area contributed by atoms with Gasteiger partial charge in [0.05, 0.1) is 11.7 Å². The molecule has 1 aromatic heterocycles. The molecule has 116 valence electrons. The van der Waals surface area contributed by atoms with E-state index < -0.39 is 0 Å². The van der Waals surface area contributed by atoms with E-state index in [0.717, 1.165) is 16.8 Å². The summed E-state index contributed by atoms with van der Waals surface area (Å²) < 4.78 is 1.54. The summed E-state index contributed by atoms with van der Waals surface area (Å²) in [5, 5.41) is 7.53. The van der Waals surface area contributed by atoms with E-state index in [-0.39, 0.29) is 17.9 Å². The van der Waals surface area contributed by atoms with Gasteiger partial charge in [0, 0.05) is 11.1 Å². The summed E-state index contributed by atoms with van der Waals surface area (Å²) >= 11 is 0. The van der Waals surface area contributed by atoms with Crippen molar-refractivity contribution in [3.05, 3.63) is 70.0 Å². The molecule has 2 aromatic carbocycles. The number of nitrogens with zero attached hydrogens (tertiary/aromatic N) is 2. The summed E-state index contributed by atoms with van der Waals surface area (Å²) in [4.78, 5) is 24.1. The number of aryl methyl sites for hydroxylation is 2. The number of carbonyl (C=O) groups is 1. The summed E-state index contributed by atoms with van der Waals surface area (Å²) in [5.74, 6) is -0.181. The average molecular weight is 307 g/mol. The molecule has 0 spiro atoms. The summed E-state index contributed by atoms with van der Waals surface area (Å²) in [7, 11) is 0. The molecule has 0 atom stereocenters. The van der Waals surface area contributed by atoms with Crippen LogP contribution in [0.5, 0.6) is 0 Å². The SMILES string of the molecule is Cc1ccc(C)c(NC(=O)Cn2ncc(=O)c3ccccc32)c1. The highest BCUT2D eigenvalue weighted by molar-refractivity contribution is 5.92. The van der Waals surface area contributed by atoms with Crippen LogP contribution in [0.15, 0.2) is 53.5 Å². The highest BCUT2D eigenvalue weighted by Gasteiger charge is 2.09. The van der Waals surface area contributed by atoms with Gasteiger partial charge in [-0.15, -0.1) is 0 Å². The van der Waals surface area contributed by atoms with Crippen molar-refractivity contribution in [2.45, 2.75) is 20.4 Å². The van der Waals surface area contributed by atoms with E-state index in [1.165, 1.54) is 10.9 Å². The minimum absolute atomic E-state index is 0.0498. The zero-order valence-electron chi connectivity index (χ0n) is 13.0. The van der Waals surface area contributed by atoms with Crippen LogP contribution in [-0.4, -0.2) is 15.7 Å². The zero-order chi connectivity index (χ0) is 16.4. The van der Waals surface area contributed by atoms with Gasteiger partial charge in [0.15, 0.2) is 0 Å². The molecule has 3 rings (SSSR count). The average Bonchev–Trinajstić information content (AvgIpc) is 2.54. The fourth-order valence-electron chi connectivity index (χ4n) is 2.48. The normalized spacial score (nSPS) is 10.7. The van der Waals surface area contributed by atoms with Gasteiger partial charge < -0.3 is 5.32 Å². The summed E-state index contributed by atoms with van der Waals surface area (Å²) in [6.45, 7) is 3.97. The number of rotatable bonds is 3. The number of hydrogen-bond acceptors (Lipinski definition) is 3. The molecule has 0 aliphatic rings. The van der Waals surface area contributed by atoms with Crippen molar-refractivity contribution in [3.8, 4) is 0 Å². The number of amides is 1. The first-order valence-corrected chi connectivity index (χ1v) is 7.36. The molecule has 0 aliphatic carbocycles. The third-order valence-electron chi connectivity index (χ3n) is 3.72.